The van der Waals surface area contributed by atoms with Crippen molar-refractivity contribution < 1.29 is 9.32 Å². The maximum absolute atomic E-state index is 12.5. The SMILES string of the molecule is Cc1nc(C2CCN(C(=O)c3cc(C(C)C)no3)CC2)cc(=O)[nH]1. The monoisotopic (exact) mass is 330 g/mol. The van der Waals surface area contributed by atoms with Crippen molar-refractivity contribution in [2.24, 2.45) is 0 Å². The lowest BCUT2D eigenvalue weighted by molar-refractivity contribution is 0.0670. The second-order valence-electron chi connectivity index (χ2n) is 6.59. The highest BCUT2D eigenvalue weighted by atomic mass is 16.5. The predicted molar refractivity (Wildman–Crippen MR) is 88.1 cm³/mol. The fraction of sp³-hybridized carbons (Fsp3) is 0.529. The number of likely N-dealkylation sites (tertiary alicyclic amines) is 1. The van der Waals surface area contributed by atoms with Crippen molar-refractivity contribution >= 4 is 5.91 Å². The van der Waals surface area contributed by atoms with Gasteiger partial charge in [-0.2, -0.15) is 0 Å². The molecule has 0 aromatic carbocycles. The number of carbonyl (C=O) groups excluding carboxylic acids is 1. The highest BCUT2D eigenvalue weighted by Crippen LogP contribution is 2.27. The molecule has 0 atom stereocenters. The van der Waals surface area contributed by atoms with Gasteiger partial charge in [-0.1, -0.05) is 19.0 Å². The summed E-state index contributed by atoms with van der Waals surface area (Å²) in [6, 6.07) is 3.28. The van der Waals surface area contributed by atoms with Crippen LogP contribution in [0.25, 0.3) is 0 Å². The van der Waals surface area contributed by atoms with E-state index in [0.29, 0.717) is 24.7 Å². The molecule has 0 spiro atoms. The van der Waals surface area contributed by atoms with Crippen LogP contribution in [0.1, 0.15) is 66.3 Å². The number of hydrogen-bond donors (Lipinski definition) is 1. The Labute approximate surface area is 140 Å². The van der Waals surface area contributed by atoms with E-state index in [-0.39, 0.29) is 23.3 Å². The molecule has 1 N–H and O–H groups in total. The minimum atomic E-state index is -0.126. The number of nitrogens with zero attached hydrogens (tertiary/aromatic N) is 3. The molecule has 3 heterocycles. The molecule has 128 valence electrons. The van der Waals surface area contributed by atoms with Crippen LogP contribution in [-0.2, 0) is 0 Å². The average Bonchev–Trinajstić information content (AvgIpc) is 3.03. The average molecular weight is 330 g/mol. The van der Waals surface area contributed by atoms with Gasteiger partial charge in [0.05, 0.1) is 11.4 Å². The number of amides is 1. The van der Waals surface area contributed by atoms with Crippen LogP contribution in [0, 0.1) is 6.92 Å². The molecule has 1 fully saturated rings. The van der Waals surface area contributed by atoms with Gasteiger partial charge in [0.2, 0.25) is 5.76 Å². The molecule has 2 aromatic heterocycles. The van der Waals surface area contributed by atoms with Crippen LogP contribution in [0.3, 0.4) is 0 Å². The molecular formula is C17H22N4O3. The summed E-state index contributed by atoms with van der Waals surface area (Å²) in [7, 11) is 0. The maximum atomic E-state index is 12.5. The van der Waals surface area contributed by atoms with Gasteiger partial charge >= 0.3 is 0 Å². The minimum absolute atomic E-state index is 0.122. The van der Waals surface area contributed by atoms with E-state index in [9.17, 15) is 9.59 Å². The molecule has 0 aliphatic carbocycles. The van der Waals surface area contributed by atoms with Crippen LogP contribution in [0.4, 0.5) is 0 Å². The fourth-order valence-electron chi connectivity index (χ4n) is 3.01. The van der Waals surface area contributed by atoms with Gasteiger partial charge in [0.1, 0.15) is 5.82 Å². The molecule has 1 aliphatic heterocycles. The quantitative estimate of drug-likeness (QED) is 0.931. The van der Waals surface area contributed by atoms with Crippen molar-refractivity contribution in [2.45, 2.75) is 45.4 Å². The number of H-pyrrole nitrogens is 1. The van der Waals surface area contributed by atoms with Crippen molar-refractivity contribution in [3.05, 3.63) is 45.5 Å². The molecule has 7 nitrogen and oxygen atoms in total. The van der Waals surface area contributed by atoms with Gasteiger partial charge in [0, 0.05) is 31.1 Å². The van der Waals surface area contributed by atoms with Crippen LogP contribution in [-0.4, -0.2) is 39.0 Å². The summed E-state index contributed by atoms with van der Waals surface area (Å²) in [6.45, 7) is 7.03. The first-order valence-corrected chi connectivity index (χ1v) is 8.28. The van der Waals surface area contributed by atoms with E-state index in [1.54, 1.807) is 24.0 Å². The first-order chi connectivity index (χ1) is 11.4. The van der Waals surface area contributed by atoms with Crippen molar-refractivity contribution in [2.75, 3.05) is 13.1 Å². The molecule has 0 bridgehead atoms. The summed E-state index contributed by atoms with van der Waals surface area (Å²) < 4.78 is 5.18. The lowest BCUT2D eigenvalue weighted by atomic mass is 9.93. The largest absolute Gasteiger partial charge is 0.351 e. The molecular weight excluding hydrogens is 308 g/mol. The second-order valence-corrected chi connectivity index (χ2v) is 6.59. The first kappa shape index (κ1) is 16.4. The van der Waals surface area contributed by atoms with Crippen molar-refractivity contribution in [3.63, 3.8) is 0 Å². The summed E-state index contributed by atoms with van der Waals surface area (Å²) in [5.74, 6) is 1.23. The molecule has 0 unspecified atom stereocenters. The Hall–Kier alpha value is -2.44. The molecule has 1 saturated heterocycles. The van der Waals surface area contributed by atoms with Crippen LogP contribution < -0.4 is 5.56 Å². The molecule has 2 aromatic rings. The van der Waals surface area contributed by atoms with Gasteiger partial charge in [-0.3, -0.25) is 9.59 Å². The third kappa shape index (κ3) is 3.39. The van der Waals surface area contributed by atoms with E-state index >= 15 is 0 Å². The Morgan fingerprint density at radius 3 is 2.62 bits per heavy atom. The maximum Gasteiger partial charge on any atom is 0.292 e. The third-order valence-corrected chi connectivity index (χ3v) is 4.41. The number of rotatable bonds is 3. The number of hydrogen-bond acceptors (Lipinski definition) is 5. The number of aromatic nitrogens is 3. The Bertz CT molecular complexity index is 785. The number of piperidine rings is 1. The molecule has 24 heavy (non-hydrogen) atoms. The number of aryl methyl sites for hydroxylation is 1. The lowest BCUT2D eigenvalue weighted by Gasteiger charge is -2.31. The first-order valence-electron chi connectivity index (χ1n) is 8.28. The van der Waals surface area contributed by atoms with E-state index in [0.717, 1.165) is 24.2 Å². The second kappa shape index (κ2) is 6.59. The lowest BCUT2D eigenvalue weighted by Crippen LogP contribution is -2.38. The summed E-state index contributed by atoms with van der Waals surface area (Å²) in [5.41, 5.74) is 1.47. The van der Waals surface area contributed by atoms with Crippen molar-refractivity contribution in [3.8, 4) is 0 Å². The molecule has 1 amide bonds. The van der Waals surface area contributed by atoms with Gasteiger partial charge in [-0.25, -0.2) is 4.98 Å². The number of carbonyl (C=O) groups is 1. The smallest absolute Gasteiger partial charge is 0.292 e. The molecule has 0 radical (unpaired) electrons. The summed E-state index contributed by atoms with van der Waals surface area (Å²) >= 11 is 0. The predicted octanol–water partition coefficient (Wildman–Crippen LogP) is 2.21. The highest BCUT2D eigenvalue weighted by Gasteiger charge is 2.27. The zero-order chi connectivity index (χ0) is 17.3. The van der Waals surface area contributed by atoms with Gasteiger partial charge in [-0.15, -0.1) is 0 Å². The molecule has 3 rings (SSSR count). The Kier molecular flexibility index (Phi) is 4.51. The Balaban J connectivity index is 1.65. The Morgan fingerprint density at radius 2 is 2.04 bits per heavy atom. The normalized spacial score (nSPS) is 15.9. The van der Waals surface area contributed by atoms with E-state index in [4.69, 9.17) is 4.52 Å². The van der Waals surface area contributed by atoms with Crippen molar-refractivity contribution in [1.29, 1.82) is 0 Å². The summed E-state index contributed by atoms with van der Waals surface area (Å²) in [6.07, 6.45) is 1.57. The van der Waals surface area contributed by atoms with E-state index < -0.39 is 0 Å². The van der Waals surface area contributed by atoms with Gasteiger partial charge < -0.3 is 14.4 Å². The number of nitrogens with one attached hydrogen (secondary N) is 1. The standard InChI is InChI=1S/C17H22N4O3/c1-10(2)13-8-15(24-20-13)17(23)21-6-4-12(5-7-21)14-9-16(22)19-11(3)18-14/h8-10,12H,4-7H2,1-3H3,(H,18,19,22). The Morgan fingerprint density at radius 1 is 1.33 bits per heavy atom. The van der Waals surface area contributed by atoms with Gasteiger partial charge in [0.25, 0.3) is 11.5 Å². The topological polar surface area (TPSA) is 92.1 Å². The zero-order valence-corrected chi connectivity index (χ0v) is 14.2. The fourth-order valence-corrected chi connectivity index (χ4v) is 3.01. The molecule has 1 aliphatic rings. The summed E-state index contributed by atoms with van der Waals surface area (Å²) in [5, 5.41) is 3.94. The van der Waals surface area contributed by atoms with Crippen LogP contribution in [0.5, 0.6) is 0 Å². The van der Waals surface area contributed by atoms with Gasteiger partial charge in [-0.05, 0) is 25.7 Å². The summed E-state index contributed by atoms with van der Waals surface area (Å²) in [4.78, 5) is 33.0. The van der Waals surface area contributed by atoms with Crippen LogP contribution >= 0.6 is 0 Å². The van der Waals surface area contributed by atoms with E-state index in [2.05, 4.69) is 15.1 Å². The van der Waals surface area contributed by atoms with Crippen LogP contribution in [0.2, 0.25) is 0 Å². The van der Waals surface area contributed by atoms with E-state index in [1.807, 2.05) is 13.8 Å². The van der Waals surface area contributed by atoms with Crippen LogP contribution in [0.15, 0.2) is 21.5 Å². The minimum Gasteiger partial charge on any atom is -0.351 e. The molecule has 0 saturated carbocycles. The van der Waals surface area contributed by atoms with Crippen molar-refractivity contribution in [1.82, 2.24) is 20.0 Å². The number of aromatic amines is 1. The highest BCUT2D eigenvalue weighted by molar-refractivity contribution is 5.91. The third-order valence-electron chi connectivity index (χ3n) is 4.41. The molecule has 7 heteroatoms. The zero-order valence-electron chi connectivity index (χ0n) is 14.2. The van der Waals surface area contributed by atoms with Gasteiger partial charge in [0.15, 0.2) is 0 Å². The van der Waals surface area contributed by atoms with E-state index in [1.165, 1.54) is 0 Å².